The Morgan fingerprint density at radius 2 is 2.05 bits per heavy atom. The fraction of sp³-hybridized carbons (Fsp3) is 0.357. The third kappa shape index (κ3) is 2.82. The van der Waals surface area contributed by atoms with E-state index in [1.165, 1.54) is 0 Å². The van der Waals surface area contributed by atoms with Crippen LogP contribution in [-0.2, 0) is 13.6 Å². The normalized spacial score (nSPS) is 10.4. The average molecular weight is 296 g/mol. The Morgan fingerprint density at radius 1 is 1.30 bits per heavy atom. The maximum Gasteiger partial charge on any atom is 0.142 e. The second kappa shape index (κ2) is 6.05. The van der Waals surface area contributed by atoms with Crippen LogP contribution in [0.4, 0.5) is 5.69 Å². The van der Waals surface area contributed by atoms with Gasteiger partial charge in [0.15, 0.2) is 0 Å². The molecule has 1 heterocycles. The Bertz CT molecular complexity index is 611. The molecule has 108 valence electrons. The first kappa shape index (κ1) is 14.5. The van der Waals surface area contributed by atoms with Gasteiger partial charge in [-0.1, -0.05) is 11.6 Å². The number of nitrogens with one attached hydrogen (secondary N) is 1. The van der Waals surface area contributed by atoms with E-state index in [0.717, 1.165) is 28.4 Å². The molecule has 0 spiro atoms. The van der Waals surface area contributed by atoms with Crippen LogP contribution in [0.5, 0.6) is 11.5 Å². The van der Waals surface area contributed by atoms with Crippen LogP contribution < -0.4 is 14.8 Å². The number of rotatable bonds is 5. The summed E-state index contributed by atoms with van der Waals surface area (Å²) in [5.41, 5.74) is 2.73. The number of halogens is 1. The van der Waals surface area contributed by atoms with E-state index in [1.807, 2.05) is 32.2 Å². The minimum Gasteiger partial charge on any atom is -0.497 e. The quantitative estimate of drug-likeness (QED) is 0.921. The highest BCUT2D eigenvalue weighted by molar-refractivity contribution is 6.30. The van der Waals surface area contributed by atoms with Gasteiger partial charge in [0.25, 0.3) is 0 Å². The van der Waals surface area contributed by atoms with Gasteiger partial charge in [-0.05, 0) is 19.1 Å². The van der Waals surface area contributed by atoms with E-state index in [4.69, 9.17) is 21.1 Å². The third-order valence-electron chi connectivity index (χ3n) is 3.13. The predicted octanol–water partition coefficient (Wildman–Crippen LogP) is 3.01. The highest BCUT2D eigenvalue weighted by Gasteiger charge is 2.12. The summed E-state index contributed by atoms with van der Waals surface area (Å²) >= 11 is 6.22. The van der Waals surface area contributed by atoms with Crippen LogP contribution in [0, 0.1) is 6.92 Å². The van der Waals surface area contributed by atoms with E-state index < -0.39 is 0 Å². The molecule has 0 aliphatic rings. The van der Waals surface area contributed by atoms with Crippen molar-refractivity contribution in [2.45, 2.75) is 13.5 Å². The molecule has 0 bridgehead atoms. The van der Waals surface area contributed by atoms with Gasteiger partial charge in [-0.15, -0.1) is 0 Å². The Labute approximate surface area is 123 Å². The van der Waals surface area contributed by atoms with Crippen molar-refractivity contribution in [3.63, 3.8) is 0 Å². The molecule has 0 fully saturated rings. The molecule has 0 radical (unpaired) electrons. The van der Waals surface area contributed by atoms with Crippen LogP contribution in [0.2, 0.25) is 5.15 Å². The smallest absolute Gasteiger partial charge is 0.142 e. The van der Waals surface area contributed by atoms with Gasteiger partial charge >= 0.3 is 0 Å². The minimum atomic E-state index is 0.571. The first-order valence-corrected chi connectivity index (χ1v) is 6.58. The number of ether oxygens (including phenoxy) is 2. The number of aromatic nitrogens is 2. The summed E-state index contributed by atoms with van der Waals surface area (Å²) in [5.74, 6) is 1.52. The second-order valence-electron chi connectivity index (χ2n) is 4.40. The summed E-state index contributed by atoms with van der Waals surface area (Å²) < 4.78 is 12.2. The Hall–Kier alpha value is -1.88. The van der Waals surface area contributed by atoms with Crippen LogP contribution in [0.1, 0.15) is 11.3 Å². The lowest BCUT2D eigenvalue weighted by Crippen LogP contribution is -2.03. The predicted molar refractivity (Wildman–Crippen MR) is 79.8 cm³/mol. The van der Waals surface area contributed by atoms with Gasteiger partial charge in [-0.3, -0.25) is 4.68 Å². The molecule has 1 aromatic carbocycles. The number of methoxy groups -OCH3 is 2. The lowest BCUT2D eigenvalue weighted by atomic mass is 10.2. The summed E-state index contributed by atoms with van der Waals surface area (Å²) in [7, 11) is 5.09. The molecule has 0 aliphatic carbocycles. The zero-order valence-corrected chi connectivity index (χ0v) is 12.8. The van der Waals surface area contributed by atoms with Crippen molar-refractivity contribution in [1.29, 1.82) is 0 Å². The molecule has 2 rings (SSSR count). The third-order valence-corrected chi connectivity index (χ3v) is 3.60. The van der Waals surface area contributed by atoms with E-state index in [-0.39, 0.29) is 0 Å². The van der Waals surface area contributed by atoms with Crippen molar-refractivity contribution >= 4 is 17.3 Å². The van der Waals surface area contributed by atoms with Gasteiger partial charge < -0.3 is 14.8 Å². The molecule has 0 aliphatic heterocycles. The Morgan fingerprint density at radius 3 is 2.60 bits per heavy atom. The van der Waals surface area contributed by atoms with E-state index in [1.54, 1.807) is 18.9 Å². The zero-order valence-electron chi connectivity index (χ0n) is 12.0. The molecule has 1 N–H and O–H groups in total. The number of benzene rings is 1. The fourth-order valence-electron chi connectivity index (χ4n) is 2.01. The first-order chi connectivity index (χ1) is 9.56. The second-order valence-corrected chi connectivity index (χ2v) is 4.76. The Balaban J connectivity index is 2.21. The van der Waals surface area contributed by atoms with Crippen molar-refractivity contribution in [3.8, 4) is 11.5 Å². The molecule has 0 unspecified atom stereocenters. The van der Waals surface area contributed by atoms with Crippen LogP contribution in [0.25, 0.3) is 0 Å². The Kier molecular flexibility index (Phi) is 4.39. The zero-order chi connectivity index (χ0) is 14.7. The average Bonchev–Trinajstić information content (AvgIpc) is 2.70. The van der Waals surface area contributed by atoms with Crippen LogP contribution in [0.3, 0.4) is 0 Å². The molecule has 0 amide bonds. The highest BCUT2D eigenvalue weighted by Crippen LogP contribution is 2.30. The van der Waals surface area contributed by atoms with E-state index >= 15 is 0 Å². The van der Waals surface area contributed by atoms with Gasteiger partial charge in [0.05, 0.1) is 25.6 Å². The topological polar surface area (TPSA) is 48.3 Å². The lowest BCUT2D eigenvalue weighted by Gasteiger charge is -2.12. The van der Waals surface area contributed by atoms with E-state index in [9.17, 15) is 0 Å². The number of aryl methyl sites for hydroxylation is 2. The molecular formula is C14H18ClN3O2. The van der Waals surface area contributed by atoms with Crippen LogP contribution >= 0.6 is 11.6 Å². The molecule has 6 heteroatoms. The van der Waals surface area contributed by atoms with Gasteiger partial charge in [0, 0.05) is 25.2 Å². The molecule has 20 heavy (non-hydrogen) atoms. The number of hydrogen-bond donors (Lipinski definition) is 1. The first-order valence-electron chi connectivity index (χ1n) is 6.20. The number of hydrogen-bond acceptors (Lipinski definition) is 4. The molecular weight excluding hydrogens is 278 g/mol. The standard InChI is InChI=1S/C14H18ClN3O2/c1-9-11(14(15)18(2)17-9)8-16-12-7-10(19-3)5-6-13(12)20-4/h5-7,16H,8H2,1-4H3. The van der Waals surface area contributed by atoms with Crippen molar-refractivity contribution in [2.24, 2.45) is 7.05 Å². The van der Waals surface area contributed by atoms with Crippen LogP contribution in [0.15, 0.2) is 18.2 Å². The molecule has 1 aromatic heterocycles. The van der Waals surface area contributed by atoms with E-state index in [0.29, 0.717) is 11.7 Å². The lowest BCUT2D eigenvalue weighted by molar-refractivity contribution is 0.404. The monoisotopic (exact) mass is 295 g/mol. The molecule has 0 saturated heterocycles. The fourth-order valence-corrected chi connectivity index (χ4v) is 2.25. The van der Waals surface area contributed by atoms with Gasteiger partial charge in [-0.25, -0.2) is 0 Å². The van der Waals surface area contributed by atoms with Gasteiger partial charge in [0.2, 0.25) is 0 Å². The van der Waals surface area contributed by atoms with Crippen molar-refractivity contribution in [1.82, 2.24) is 9.78 Å². The summed E-state index contributed by atoms with van der Waals surface area (Å²) in [5, 5.41) is 8.23. The summed E-state index contributed by atoms with van der Waals surface area (Å²) in [6, 6.07) is 5.60. The summed E-state index contributed by atoms with van der Waals surface area (Å²) in [6.07, 6.45) is 0. The maximum absolute atomic E-state index is 6.22. The summed E-state index contributed by atoms with van der Waals surface area (Å²) in [4.78, 5) is 0. The van der Waals surface area contributed by atoms with Crippen molar-refractivity contribution in [2.75, 3.05) is 19.5 Å². The van der Waals surface area contributed by atoms with Crippen molar-refractivity contribution in [3.05, 3.63) is 34.6 Å². The summed E-state index contributed by atoms with van der Waals surface area (Å²) in [6.45, 7) is 2.51. The highest BCUT2D eigenvalue weighted by atomic mass is 35.5. The molecule has 5 nitrogen and oxygen atoms in total. The number of nitrogens with zero attached hydrogens (tertiary/aromatic N) is 2. The molecule has 0 saturated carbocycles. The van der Waals surface area contributed by atoms with Crippen LogP contribution in [-0.4, -0.2) is 24.0 Å². The van der Waals surface area contributed by atoms with Gasteiger partial charge in [-0.2, -0.15) is 5.10 Å². The SMILES string of the molecule is COc1ccc(OC)c(NCc2c(C)nn(C)c2Cl)c1. The van der Waals surface area contributed by atoms with Crippen molar-refractivity contribution < 1.29 is 9.47 Å². The van der Waals surface area contributed by atoms with E-state index in [2.05, 4.69) is 10.4 Å². The maximum atomic E-state index is 6.22. The van der Waals surface area contributed by atoms with Gasteiger partial charge in [0.1, 0.15) is 16.7 Å². The largest absolute Gasteiger partial charge is 0.497 e. The molecule has 2 aromatic rings. The number of anilines is 1. The molecule has 0 atom stereocenters. The minimum absolute atomic E-state index is 0.571.